The lowest BCUT2D eigenvalue weighted by Crippen LogP contribution is -2.20. The third kappa shape index (κ3) is 4.89. The molecule has 0 aliphatic heterocycles. The molecule has 0 bridgehead atoms. The molecule has 0 aliphatic carbocycles. The number of hydrogen-bond acceptors (Lipinski definition) is 4. The first-order valence-electron chi connectivity index (χ1n) is 6.04. The molecule has 0 fully saturated rings. The van der Waals surface area contributed by atoms with Gasteiger partial charge in [0.1, 0.15) is 0 Å². The molecule has 5 heteroatoms. The molecule has 0 amide bonds. The number of hydrogen-bond donors (Lipinski definition) is 3. The van der Waals surface area contributed by atoms with Gasteiger partial charge in [0.25, 0.3) is 5.56 Å². The second-order valence-corrected chi connectivity index (χ2v) is 4.82. The molecule has 96 valence electrons. The first-order valence-corrected chi connectivity index (χ1v) is 6.04. The largest absolute Gasteiger partial charge is 0.502 e. The summed E-state index contributed by atoms with van der Waals surface area (Å²) in [5.74, 6) is 0.765. The molecular weight excluding hydrogens is 218 g/mol. The number of nitrogens with zero attached hydrogens (tertiary/aromatic N) is 1. The second kappa shape index (κ2) is 6.27. The summed E-state index contributed by atoms with van der Waals surface area (Å²) < 4.78 is 0. The van der Waals surface area contributed by atoms with Gasteiger partial charge in [-0.1, -0.05) is 26.7 Å². The van der Waals surface area contributed by atoms with Gasteiger partial charge in [0.2, 0.25) is 5.95 Å². The van der Waals surface area contributed by atoms with E-state index >= 15 is 0 Å². The molecule has 5 nitrogen and oxygen atoms in total. The van der Waals surface area contributed by atoms with Crippen molar-refractivity contribution < 1.29 is 5.11 Å². The number of nitrogens with one attached hydrogen (secondary N) is 2. The molecule has 0 spiro atoms. The van der Waals surface area contributed by atoms with Crippen LogP contribution in [0.2, 0.25) is 0 Å². The van der Waals surface area contributed by atoms with Crippen LogP contribution in [0.15, 0.2) is 11.0 Å². The number of H-pyrrole nitrogens is 1. The van der Waals surface area contributed by atoms with Crippen LogP contribution in [-0.4, -0.2) is 21.1 Å². The molecule has 3 N–H and O–H groups in total. The minimum atomic E-state index is -0.517. The van der Waals surface area contributed by atoms with Crippen molar-refractivity contribution in [1.82, 2.24) is 9.97 Å². The van der Waals surface area contributed by atoms with Crippen molar-refractivity contribution in [2.45, 2.75) is 46.1 Å². The molecule has 0 saturated heterocycles. The smallest absolute Gasteiger partial charge is 0.294 e. The van der Waals surface area contributed by atoms with E-state index in [2.05, 4.69) is 29.1 Å². The molecule has 1 heterocycles. The standard InChI is InChI=1S/C12H21N3O2/c1-8(2)5-4-6-9(3)14-12-13-7-10(16)11(17)15-12/h7-9,16H,4-6H2,1-3H3,(H2,13,14,15,17). The number of aromatic amines is 1. The Morgan fingerprint density at radius 3 is 2.71 bits per heavy atom. The first-order chi connectivity index (χ1) is 7.99. The van der Waals surface area contributed by atoms with Crippen LogP contribution in [0.25, 0.3) is 0 Å². The van der Waals surface area contributed by atoms with Gasteiger partial charge in [-0.15, -0.1) is 0 Å². The summed E-state index contributed by atoms with van der Waals surface area (Å²) in [5.41, 5.74) is -0.517. The summed E-state index contributed by atoms with van der Waals surface area (Å²) in [6.07, 6.45) is 4.53. The third-order valence-electron chi connectivity index (χ3n) is 2.58. The highest BCUT2D eigenvalue weighted by Crippen LogP contribution is 2.10. The van der Waals surface area contributed by atoms with Crippen molar-refractivity contribution in [3.63, 3.8) is 0 Å². The van der Waals surface area contributed by atoms with Crippen molar-refractivity contribution in [2.75, 3.05) is 5.32 Å². The maximum absolute atomic E-state index is 11.1. The van der Waals surface area contributed by atoms with E-state index in [-0.39, 0.29) is 11.8 Å². The average Bonchev–Trinajstić information content (AvgIpc) is 2.23. The average molecular weight is 239 g/mol. The summed E-state index contributed by atoms with van der Waals surface area (Å²) in [6, 6.07) is 0.251. The fourth-order valence-electron chi connectivity index (χ4n) is 1.60. The van der Waals surface area contributed by atoms with Crippen LogP contribution in [0.4, 0.5) is 5.95 Å². The van der Waals surface area contributed by atoms with Crippen LogP contribution in [0.5, 0.6) is 5.75 Å². The Kier molecular flexibility index (Phi) is 5.00. The molecule has 0 aliphatic rings. The summed E-state index contributed by atoms with van der Waals surface area (Å²) in [6.45, 7) is 6.46. The molecule has 17 heavy (non-hydrogen) atoms. The van der Waals surface area contributed by atoms with Gasteiger partial charge in [0, 0.05) is 6.04 Å². The summed E-state index contributed by atoms with van der Waals surface area (Å²) in [4.78, 5) is 17.5. The zero-order valence-electron chi connectivity index (χ0n) is 10.7. The Hall–Kier alpha value is -1.52. The second-order valence-electron chi connectivity index (χ2n) is 4.82. The maximum Gasteiger partial charge on any atom is 0.294 e. The van der Waals surface area contributed by atoms with E-state index in [1.807, 2.05) is 6.92 Å². The van der Waals surface area contributed by atoms with Crippen LogP contribution >= 0.6 is 0 Å². The lowest BCUT2D eigenvalue weighted by atomic mass is 10.0. The zero-order valence-corrected chi connectivity index (χ0v) is 10.7. The van der Waals surface area contributed by atoms with Crippen molar-refractivity contribution in [3.05, 3.63) is 16.6 Å². The van der Waals surface area contributed by atoms with E-state index in [4.69, 9.17) is 5.11 Å². The Morgan fingerprint density at radius 2 is 2.12 bits per heavy atom. The first kappa shape index (κ1) is 13.5. The monoisotopic (exact) mass is 239 g/mol. The highest BCUT2D eigenvalue weighted by Gasteiger charge is 2.05. The SMILES string of the molecule is CC(C)CCCC(C)Nc1ncc(O)c(=O)[nH]1. The molecule has 0 aromatic carbocycles. The Balaban J connectivity index is 2.42. The fraction of sp³-hybridized carbons (Fsp3) is 0.667. The Morgan fingerprint density at radius 1 is 1.41 bits per heavy atom. The van der Waals surface area contributed by atoms with E-state index in [9.17, 15) is 4.79 Å². The number of aromatic nitrogens is 2. The van der Waals surface area contributed by atoms with E-state index in [1.54, 1.807) is 0 Å². The fourth-order valence-corrected chi connectivity index (χ4v) is 1.60. The molecule has 0 radical (unpaired) electrons. The Labute approximate surface area is 101 Å². The van der Waals surface area contributed by atoms with E-state index in [0.29, 0.717) is 11.9 Å². The topological polar surface area (TPSA) is 78.0 Å². The van der Waals surface area contributed by atoms with Gasteiger partial charge in [-0.3, -0.25) is 9.78 Å². The number of anilines is 1. The predicted octanol–water partition coefficient (Wildman–Crippen LogP) is 2.10. The van der Waals surface area contributed by atoms with Gasteiger partial charge in [-0.05, 0) is 19.3 Å². The van der Waals surface area contributed by atoms with Crippen LogP contribution in [0.3, 0.4) is 0 Å². The molecule has 0 saturated carbocycles. The molecular formula is C12H21N3O2. The van der Waals surface area contributed by atoms with Crippen LogP contribution in [0.1, 0.15) is 40.0 Å². The normalized spacial score (nSPS) is 12.7. The van der Waals surface area contributed by atoms with Crippen molar-refractivity contribution >= 4 is 5.95 Å². The molecule has 1 rings (SSSR count). The van der Waals surface area contributed by atoms with Crippen molar-refractivity contribution in [2.24, 2.45) is 5.92 Å². The minimum Gasteiger partial charge on any atom is -0.502 e. The van der Waals surface area contributed by atoms with Gasteiger partial charge >= 0.3 is 0 Å². The van der Waals surface area contributed by atoms with Crippen molar-refractivity contribution in [1.29, 1.82) is 0 Å². The van der Waals surface area contributed by atoms with Crippen LogP contribution < -0.4 is 10.9 Å². The van der Waals surface area contributed by atoms with Gasteiger partial charge in [-0.25, -0.2) is 4.98 Å². The van der Waals surface area contributed by atoms with Crippen LogP contribution in [0, 0.1) is 5.92 Å². The molecule has 1 aromatic heterocycles. The number of aromatic hydroxyl groups is 1. The van der Waals surface area contributed by atoms with E-state index in [1.165, 1.54) is 6.42 Å². The van der Waals surface area contributed by atoms with E-state index in [0.717, 1.165) is 19.0 Å². The molecule has 1 unspecified atom stereocenters. The Bertz CT molecular complexity index is 401. The molecule has 1 aromatic rings. The summed E-state index contributed by atoms with van der Waals surface area (Å²) >= 11 is 0. The maximum atomic E-state index is 11.1. The minimum absolute atomic E-state index is 0.251. The lowest BCUT2D eigenvalue weighted by Gasteiger charge is -2.14. The molecule has 1 atom stereocenters. The number of rotatable bonds is 6. The third-order valence-corrected chi connectivity index (χ3v) is 2.58. The van der Waals surface area contributed by atoms with Gasteiger partial charge in [0.15, 0.2) is 5.75 Å². The summed E-state index contributed by atoms with van der Waals surface area (Å²) in [5, 5.41) is 12.2. The van der Waals surface area contributed by atoms with Gasteiger partial charge < -0.3 is 10.4 Å². The van der Waals surface area contributed by atoms with Crippen LogP contribution in [-0.2, 0) is 0 Å². The highest BCUT2D eigenvalue weighted by molar-refractivity contribution is 5.27. The highest BCUT2D eigenvalue weighted by atomic mass is 16.3. The zero-order chi connectivity index (χ0) is 12.8. The van der Waals surface area contributed by atoms with Crippen molar-refractivity contribution in [3.8, 4) is 5.75 Å². The predicted molar refractivity (Wildman–Crippen MR) is 68.3 cm³/mol. The van der Waals surface area contributed by atoms with E-state index < -0.39 is 5.56 Å². The summed E-state index contributed by atoms with van der Waals surface area (Å²) in [7, 11) is 0. The van der Waals surface area contributed by atoms with Gasteiger partial charge in [-0.2, -0.15) is 0 Å². The quantitative estimate of drug-likeness (QED) is 0.710. The van der Waals surface area contributed by atoms with Gasteiger partial charge in [0.05, 0.1) is 6.20 Å². The lowest BCUT2D eigenvalue weighted by molar-refractivity contribution is 0.463.